The summed E-state index contributed by atoms with van der Waals surface area (Å²) in [6.45, 7) is 4.53. The number of hydrogen-bond donors (Lipinski definition) is 1. The van der Waals surface area contributed by atoms with Crippen molar-refractivity contribution in [1.82, 2.24) is 20.2 Å². The van der Waals surface area contributed by atoms with Crippen molar-refractivity contribution in [1.29, 1.82) is 0 Å². The summed E-state index contributed by atoms with van der Waals surface area (Å²) < 4.78 is 5.99. The average molecular weight is 358 g/mol. The summed E-state index contributed by atoms with van der Waals surface area (Å²) in [5, 5.41) is 7.30. The summed E-state index contributed by atoms with van der Waals surface area (Å²) in [7, 11) is 0. The van der Waals surface area contributed by atoms with Gasteiger partial charge in [0.2, 0.25) is 0 Å². The number of fused-ring (bicyclic) bond motifs is 1. The van der Waals surface area contributed by atoms with Crippen LogP contribution in [-0.4, -0.2) is 53.1 Å². The van der Waals surface area contributed by atoms with Gasteiger partial charge in [-0.2, -0.15) is 11.3 Å². The number of nitrogens with zero attached hydrogens (tertiary/aromatic N) is 3. The zero-order valence-electron chi connectivity index (χ0n) is 14.0. The Morgan fingerprint density at radius 1 is 1.44 bits per heavy atom. The molecule has 0 spiro atoms. The number of aromatic nitrogens is 2. The van der Waals surface area contributed by atoms with E-state index in [0.29, 0.717) is 24.1 Å². The lowest BCUT2D eigenvalue weighted by Gasteiger charge is -2.35. The monoisotopic (exact) mass is 358 g/mol. The van der Waals surface area contributed by atoms with Gasteiger partial charge in [0.15, 0.2) is 0 Å². The second-order valence-electron chi connectivity index (χ2n) is 6.75. The van der Waals surface area contributed by atoms with Crippen LogP contribution in [0.4, 0.5) is 0 Å². The molecule has 4 rings (SSSR count). The highest BCUT2D eigenvalue weighted by molar-refractivity contribution is 7.07. The van der Waals surface area contributed by atoms with E-state index in [-0.39, 0.29) is 12.0 Å². The molecule has 2 fully saturated rings. The molecule has 132 valence electrons. The summed E-state index contributed by atoms with van der Waals surface area (Å²) >= 11 is 1.75. The molecule has 0 unspecified atom stereocenters. The van der Waals surface area contributed by atoms with Crippen molar-refractivity contribution >= 4 is 17.2 Å². The van der Waals surface area contributed by atoms with E-state index >= 15 is 0 Å². The highest BCUT2D eigenvalue weighted by Crippen LogP contribution is 2.34. The molecule has 0 aliphatic carbocycles. The molecule has 2 aromatic rings. The van der Waals surface area contributed by atoms with Crippen molar-refractivity contribution < 1.29 is 9.53 Å². The summed E-state index contributed by atoms with van der Waals surface area (Å²) in [5.74, 6) is 0.904. The number of carbonyl (C=O) groups excluding carboxylic acids is 1. The second kappa shape index (κ2) is 7.59. The third-order valence-electron chi connectivity index (χ3n) is 5.12. The van der Waals surface area contributed by atoms with E-state index in [1.54, 1.807) is 17.5 Å². The number of carbonyl (C=O) groups is 1. The number of likely N-dealkylation sites (tertiary alicyclic amines) is 1. The third-order valence-corrected chi connectivity index (χ3v) is 5.86. The van der Waals surface area contributed by atoms with Crippen LogP contribution < -0.4 is 5.32 Å². The van der Waals surface area contributed by atoms with Crippen LogP contribution in [0.2, 0.25) is 0 Å². The maximum absolute atomic E-state index is 12.1. The molecule has 2 aliphatic heterocycles. The van der Waals surface area contributed by atoms with Gasteiger partial charge in [0, 0.05) is 37.9 Å². The van der Waals surface area contributed by atoms with Gasteiger partial charge in [0.1, 0.15) is 5.69 Å². The molecule has 25 heavy (non-hydrogen) atoms. The molecule has 4 heterocycles. The van der Waals surface area contributed by atoms with E-state index in [4.69, 9.17) is 4.74 Å². The molecule has 1 N–H and O–H groups in total. The normalized spacial score (nSPS) is 26.3. The van der Waals surface area contributed by atoms with Gasteiger partial charge in [-0.1, -0.05) is 0 Å². The van der Waals surface area contributed by atoms with E-state index in [9.17, 15) is 4.79 Å². The molecule has 7 heteroatoms. The van der Waals surface area contributed by atoms with Crippen molar-refractivity contribution in [3.63, 3.8) is 0 Å². The van der Waals surface area contributed by atoms with Gasteiger partial charge >= 0.3 is 0 Å². The minimum atomic E-state index is -0.185. The van der Waals surface area contributed by atoms with Crippen LogP contribution in [0.25, 0.3) is 0 Å². The smallest absolute Gasteiger partial charge is 0.271 e. The molecule has 2 aromatic heterocycles. The van der Waals surface area contributed by atoms with Gasteiger partial charge in [-0.15, -0.1) is 0 Å². The fourth-order valence-corrected chi connectivity index (χ4v) is 4.52. The maximum Gasteiger partial charge on any atom is 0.271 e. The number of ether oxygens (including phenoxy) is 1. The number of piperidine rings is 1. The summed E-state index contributed by atoms with van der Waals surface area (Å²) in [4.78, 5) is 22.6. The van der Waals surface area contributed by atoms with Crippen LogP contribution in [0.1, 0.15) is 22.5 Å². The lowest BCUT2D eigenvalue weighted by Crippen LogP contribution is -2.43. The van der Waals surface area contributed by atoms with Gasteiger partial charge in [0.05, 0.1) is 18.9 Å². The first-order valence-electron chi connectivity index (χ1n) is 8.69. The molecular weight excluding hydrogens is 336 g/mol. The Kier molecular flexibility index (Phi) is 5.05. The second-order valence-corrected chi connectivity index (χ2v) is 7.53. The van der Waals surface area contributed by atoms with Crippen LogP contribution >= 0.6 is 11.3 Å². The van der Waals surface area contributed by atoms with E-state index in [0.717, 1.165) is 32.7 Å². The number of hydrogen-bond acceptors (Lipinski definition) is 6. The van der Waals surface area contributed by atoms with Crippen molar-refractivity contribution in [2.45, 2.75) is 19.1 Å². The first-order chi connectivity index (χ1) is 12.3. The Balaban J connectivity index is 1.28. The van der Waals surface area contributed by atoms with Gasteiger partial charge in [0.25, 0.3) is 5.91 Å². The quantitative estimate of drug-likeness (QED) is 0.883. The molecule has 3 atom stereocenters. The van der Waals surface area contributed by atoms with Crippen molar-refractivity contribution in [3.8, 4) is 0 Å². The number of amides is 1. The lowest BCUT2D eigenvalue weighted by atomic mass is 9.84. The largest absolute Gasteiger partial charge is 0.376 e. The Bertz CT molecular complexity index is 694. The van der Waals surface area contributed by atoms with Crippen LogP contribution in [0.15, 0.2) is 35.4 Å². The van der Waals surface area contributed by atoms with Crippen LogP contribution in [0.3, 0.4) is 0 Å². The van der Waals surface area contributed by atoms with E-state index < -0.39 is 0 Å². The Labute approximate surface area is 151 Å². The van der Waals surface area contributed by atoms with E-state index in [1.807, 2.05) is 0 Å². The SMILES string of the molecule is O=C(NC[C@@H]1OC[C@H]2CN(Cc3ccsc3)CC[C@H]21)c1cnccn1. The molecule has 0 bridgehead atoms. The molecule has 2 aliphatic rings. The molecule has 1 amide bonds. The predicted molar refractivity (Wildman–Crippen MR) is 95.3 cm³/mol. The van der Waals surface area contributed by atoms with Gasteiger partial charge in [-0.25, -0.2) is 4.98 Å². The standard InChI is InChI=1S/C18H22N4O2S/c23-18(16-7-19-3-4-20-16)21-8-17-15-1-5-22(10-14(15)11-24-17)9-13-2-6-25-12-13/h2-4,6-7,12,14-15,17H,1,5,8-11H2,(H,21,23)/t14-,15-,17+/m1/s1. The zero-order valence-corrected chi connectivity index (χ0v) is 14.8. The highest BCUT2D eigenvalue weighted by atomic mass is 32.1. The van der Waals surface area contributed by atoms with Gasteiger partial charge in [-0.05, 0) is 41.3 Å². The number of nitrogens with one attached hydrogen (secondary N) is 1. The van der Waals surface area contributed by atoms with Gasteiger partial charge in [-0.3, -0.25) is 14.7 Å². The fraction of sp³-hybridized carbons (Fsp3) is 0.500. The molecule has 0 radical (unpaired) electrons. The minimum absolute atomic E-state index is 0.105. The number of rotatable bonds is 5. The first-order valence-corrected chi connectivity index (χ1v) is 9.63. The predicted octanol–water partition coefficient (Wildman–Crippen LogP) is 1.80. The summed E-state index contributed by atoms with van der Waals surface area (Å²) in [6, 6.07) is 2.20. The molecule has 0 aromatic carbocycles. The van der Waals surface area contributed by atoms with Crippen LogP contribution in [0.5, 0.6) is 0 Å². The summed E-state index contributed by atoms with van der Waals surface area (Å²) in [6.07, 6.45) is 5.80. The zero-order chi connectivity index (χ0) is 17.1. The van der Waals surface area contributed by atoms with Crippen LogP contribution in [-0.2, 0) is 11.3 Å². The average Bonchev–Trinajstić information content (AvgIpc) is 3.30. The highest BCUT2D eigenvalue weighted by Gasteiger charge is 2.40. The minimum Gasteiger partial charge on any atom is -0.376 e. The van der Waals surface area contributed by atoms with E-state index in [2.05, 4.69) is 37.0 Å². The molecule has 2 saturated heterocycles. The molecule has 0 saturated carbocycles. The lowest BCUT2D eigenvalue weighted by molar-refractivity contribution is 0.0741. The molecular formula is C18H22N4O2S. The Hall–Kier alpha value is -1.83. The number of thiophene rings is 1. The Morgan fingerprint density at radius 3 is 3.20 bits per heavy atom. The topological polar surface area (TPSA) is 67.3 Å². The van der Waals surface area contributed by atoms with Crippen molar-refractivity contribution in [2.75, 3.05) is 26.2 Å². The fourth-order valence-electron chi connectivity index (χ4n) is 3.86. The molecule has 6 nitrogen and oxygen atoms in total. The third kappa shape index (κ3) is 3.89. The summed E-state index contributed by atoms with van der Waals surface area (Å²) in [5.41, 5.74) is 1.75. The van der Waals surface area contributed by atoms with Gasteiger partial charge < -0.3 is 10.1 Å². The van der Waals surface area contributed by atoms with Crippen LogP contribution in [0, 0.1) is 11.8 Å². The Morgan fingerprint density at radius 2 is 2.40 bits per heavy atom. The first kappa shape index (κ1) is 16.6. The van der Waals surface area contributed by atoms with Crippen molar-refractivity contribution in [3.05, 3.63) is 46.7 Å². The maximum atomic E-state index is 12.1. The van der Waals surface area contributed by atoms with Crippen molar-refractivity contribution in [2.24, 2.45) is 11.8 Å². The van der Waals surface area contributed by atoms with E-state index in [1.165, 1.54) is 18.0 Å².